The van der Waals surface area contributed by atoms with Gasteiger partial charge in [-0.1, -0.05) is 22.9 Å². The molecule has 1 aromatic heterocycles. The second-order valence-electron chi connectivity index (χ2n) is 1.14. The summed E-state index contributed by atoms with van der Waals surface area (Å²) in [7, 11) is 0. The molecule has 0 fully saturated rings. The molecule has 0 unspecified atom stereocenters. The van der Waals surface area contributed by atoms with E-state index < -0.39 is 0 Å². The first-order valence-corrected chi connectivity index (χ1v) is 4.40. The Kier molecular flexibility index (Phi) is 2.16. The van der Waals surface area contributed by atoms with Crippen LogP contribution in [0.5, 0.6) is 0 Å². The summed E-state index contributed by atoms with van der Waals surface area (Å²) >= 11 is 8.70. The minimum absolute atomic E-state index is 0.620. The van der Waals surface area contributed by atoms with Gasteiger partial charge < -0.3 is 0 Å². The fourth-order valence-corrected chi connectivity index (χ4v) is 1.87. The van der Waals surface area contributed by atoms with E-state index in [1.807, 2.05) is 6.26 Å². The Bertz CT molecular complexity index is 174. The average molecular weight is 166 g/mol. The van der Waals surface area contributed by atoms with Crippen LogP contribution in [0.2, 0.25) is 4.47 Å². The molecule has 0 amide bonds. The van der Waals surface area contributed by atoms with Crippen LogP contribution in [0.25, 0.3) is 0 Å². The lowest BCUT2D eigenvalue weighted by Crippen LogP contribution is -1.51. The lowest BCUT2D eigenvalue weighted by atomic mass is 11.0. The van der Waals surface area contributed by atoms with Crippen molar-refractivity contribution in [1.29, 1.82) is 0 Å². The summed E-state index contributed by atoms with van der Waals surface area (Å²) in [5.74, 6) is 0. The number of hydrogen-bond donors (Lipinski definition) is 0. The molecule has 0 aliphatic rings. The van der Waals surface area contributed by atoms with Crippen molar-refractivity contribution in [2.45, 2.75) is 4.21 Å². The van der Waals surface area contributed by atoms with Crippen LogP contribution < -0.4 is 0 Å². The lowest BCUT2D eigenvalue weighted by Gasteiger charge is -1.77. The van der Waals surface area contributed by atoms with Crippen molar-refractivity contribution in [1.82, 2.24) is 4.98 Å². The van der Waals surface area contributed by atoms with Crippen LogP contribution in [-0.2, 0) is 0 Å². The Morgan fingerprint density at radius 1 is 1.88 bits per heavy atom. The zero-order chi connectivity index (χ0) is 5.98. The van der Waals surface area contributed by atoms with Crippen molar-refractivity contribution in [3.8, 4) is 0 Å². The van der Waals surface area contributed by atoms with Gasteiger partial charge in [0.2, 0.25) is 0 Å². The quantitative estimate of drug-likeness (QED) is 0.594. The van der Waals surface area contributed by atoms with E-state index in [0.29, 0.717) is 4.47 Å². The van der Waals surface area contributed by atoms with Crippen LogP contribution in [0.4, 0.5) is 0 Å². The van der Waals surface area contributed by atoms with Crippen molar-refractivity contribution < 1.29 is 0 Å². The van der Waals surface area contributed by atoms with Crippen LogP contribution in [0.15, 0.2) is 10.4 Å². The molecular formula is C4H4ClNS2. The van der Waals surface area contributed by atoms with Crippen molar-refractivity contribution in [3.63, 3.8) is 0 Å². The molecule has 0 spiro atoms. The Morgan fingerprint density at radius 2 is 2.62 bits per heavy atom. The minimum Gasteiger partial charge on any atom is -0.232 e. The van der Waals surface area contributed by atoms with Crippen LogP contribution >= 0.6 is 34.7 Å². The van der Waals surface area contributed by atoms with Gasteiger partial charge in [0.05, 0.1) is 10.4 Å². The SMILES string of the molecule is CSc1cnc(Cl)s1. The third kappa shape index (κ3) is 1.37. The van der Waals surface area contributed by atoms with E-state index in [2.05, 4.69) is 4.98 Å². The molecular weight excluding hydrogens is 162 g/mol. The monoisotopic (exact) mass is 165 g/mol. The summed E-state index contributed by atoms with van der Waals surface area (Å²) in [5, 5.41) is 0. The molecule has 1 nitrogen and oxygen atoms in total. The van der Waals surface area contributed by atoms with Gasteiger partial charge in [-0.15, -0.1) is 11.8 Å². The fraction of sp³-hybridized carbons (Fsp3) is 0.250. The van der Waals surface area contributed by atoms with E-state index in [-0.39, 0.29) is 0 Å². The predicted octanol–water partition coefficient (Wildman–Crippen LogP) is 2.52. The van der Waals surface area contributed by atoms with Gasteiger partial charge in [0, 0.05) is 0 Å². The summed E-state index contributed by atoms with van der Waals surface area (Å²) in [6, 6.07) is 0. The third-order valence-corrected chi connectivity index (χ3v) is 2.82. The molecule has 1 heterocycles. The van der Waals surface area contributed by atoms with Gasteiger partial charge in [0.15, 0.2) is 4.47 Å². The molecule has 0 saturated heterocycles. The van der Waals surface area contributed by atoms with E-state index in [1.165, 1.54) is 11.3 Å². The first-order valence-electron chi connectivity index (χ1n) is 1.98. The average Bonchev–Trinajstić information content (AvgIpc) is 2.14. The molecule has 0 aromatic carbocycles. The van der Waals surface area contributed by atoms with E-state index in [4.69, 9.17) is 11.6 Å². The van der Waals surface area contributed by atoms with Gasteiger partial charge in [-0.3, -0.25) is 0 Å². The number of rotatable bonds is 1. The molecule has 0 aliphatic heterocycles. The maximum atomic E-state index is 5.53. The first-order chi connectivity index (χ1) is 3.83. The highest BCUT2D eigenvalue weighted by Gasteiger charge is 1.93. The second kappa shape index (κ2) is 2.71. The molecule has 0 bridgehead atoms. The van der Waals surface area contributed by atoms with Crippen LogP contribution in [-0.4, -0.2) is 11.2 Å². The summed E-state index contributed by atoms with van der Waals surface area (Å²) in [6.07, 6.45) is 3.78. The highest BCUT2D eigenvalue weighted by Crippen LogP contribution is 2.25. The highest BCUT2D eigenvalue weighted by molar-refractivity contribution is 8.00. The number of aromatic nitrogens is 1. The van der Waals surface area contributed by atoms with Crippen molar-refractivity contribution in [2.24, 2.45) is 0 Å². The Labute approximate surface area is 61.1 Å². The van der Waals surface area contributed by atoms with Gasteiger partial charge >= 0.3 is 0 Å². The number of nitrogens with zero attached hydrogens (tertiary/aromatic N) is 1. The van der Waals surface area contributed by atoms with E-state index >= 15 is 0 Å². The van der Waals surface area contributed by atoms with Crippen LogP contribution in [0.1, 0.15) is 0 Å². The summed E-state index contributed by atoms with van der Waals surface area (Å²) in [4.78, 5) is 3.85. The molecule has 0 N–H and O–H groups in total. The topological polar surface area (TPSA) is 12.9 Å². The Hall–Kier alpha value is 0.270. The minimum atomic E-state index is 0.620. The Balaban J connectivity index is 2.84. The standard InChI is InChI=1S/C4H4ClNS2/c1-7-3-2-6-4(5)8-3/h2H,1H3. The largest absolute Gasteiger partial charge is 0.232 e. The third-order valence-electron chi connectivity index (χ3n) is 0.657. The van der Waals surface area contributed by atoms with Crippen molar-refractivity contribution in [3.05, 3.63) is 10.7 Å². The fourth-order valence-electron chi connectivity index (χ4n) is 0.334. The molecule has 1 aromatic rings. The van der Waals surface area contributed by atoms with Crippen molar-refractivity contribution >= 4 is 34.7 Å². The summed E-state index contributed by atoms with van der Waals surface area (Å²) in [6.45, 7) is 0. The number of hydrogen-bond acceptors (Lipinski definition) is 3. The predicted molar refractivity (Wildman–Crippen MR) is 38.9 cm³/mol. The van der Waals surface area contributed by atoms with E-state index in [9.17, 15) is 0 Å². The number of thiazole rings is 1. The first kappa shape index (κ1) is 6.39. The van der Waals surface area contributed by atoms with Gasteiger partial charge in [0.1, 0.15) is 0 Å². The molecule has 1 rings (SSSR count). The maximum absolute atomic E-state index is 5.53. The normalized spacial score (nSPS) is 9.75. The van der Waals surface area contributed by atoms with Gasteiger partial charge in [0.25, 0.3) is 0 Å². The Morgan fingerprint density at radius 3 is 2.88 bits per heavy atom. The van der Waals surface area contributed by atoms with Crippen LogP contribution in [0, 0.1) is 0 Å². The lowest BCUT2D eigenvalue weighted by molar-refractivity contribution is 1.38. The molecule has 0 radical (unpaired) electrons. The second-order valence-corrected chi connectivity index (χ2v) is 3.86. The summed E-state index contributed by atoms with van der Waals surface area (Å²) in [5.41, 5.74) is 0. The van der Waals surface area contributed by atoms with E-state index in [1.54, 1.807) is 18.0 Å². The molecule has 44 valence electrons. The van der Waals surface area contributed by atoms with Gasteiger partial charge in [-0.2, -0.15) is 0 Å². The molecule has 4 heteroatoms. The van der Waals surface area contributed by atoms with Gasteiger partial charge in [-0.05, 0) is 6.26 Å². The van der Waals surface area contributed by atoms with E-state index in [0.717, 1.165) is 4.21 Å². The zero-order valence-electron chi connectivity index (χ0n) is 4.22. The van der Waals surface area contributed by atoms with Crippen molar-refractivity contribution in [2.75, 3.05) is 6.26 Å². The molecule has 0 saturated carbocycles. The maximum Gasteiger partial charge on any atom is 0.184 e. The zero-order valence-corrected chi connectivity index (χ0v) is 6.61. The highest BCUT2D eigenvalue weighted by atomic mass is 35.5. The molecule has 0 aliphatic carbocycles. The molecule has 0 atom stereocenters. The number of thioether (sulfide) groups is 1. The summed E-state index contributed by atoms with van der Waals surface area (Å²) < 4.78 is 1.78. The molecule has 8 heavy (non-hydrogen) atoms. The van der Waals surface area contributed by atoms with Gasteiger partial charge in [-0.25, -0.2) is 4.98 Å². The smallest absolute Gasteiger partial charge is 0.184 e. The number of halogens is 1. The van der Waals surface area contributed by atoms with Crippen LogP contribution in [0.3, 0.4) is 0 Å².